The third-order valence-corrected chi connectivity index (χ3v) is 9.13. The molecular weight excluding hydrogens is 653 g/mol. The van der Waals surface area contributed by atoms with E-state index in [-0.39, 0.29) is 36.7 Å². The first-order valence-corrected chi connectivity index (χ1v) is 17.5. The summed E-state index contributed by atoms with van der Waals surface area (Å²) in [5.41, 5.74) is 3.20. The Kier molecular flexibility index (Phi) is 9.98. The number of anilines is 2. The van der Waals surface area contributed by atoms with Gasteiger partial charge in [-0.2, -0.15) is 10.2 Å². The van der Waals surface area contributed by atoms with Gasteiger partial charge < -0.3 is 30.1 Å². The summed E-state index contributed by atoms with van der Waals surface area (Å²) in [4.78, 5) is 24.1. The molecule has 0 spiro atoms. The van der Waals surface area contributed by atoms with Crippen molar-refractivity contribution in [3.05, 3.63) is 90.0 Å². The monoisotopic (exact) mass is 697 g/mol. The van der Waals surface area contributed by atoms with E-state index in [1.807, 2.05) is 56.0 Å². The number of rotatable bonds is 9. The van der Waals surface area contributed by atoms with Crippen LogP contribution < -0.4 is 10.6 Å². The lowest BCUT2D eigenvalue weighted by Gasteiger charge is -2.35. The summed E-state index contributed by atoms with van der Waals surface area (Å²) < 4.78 is 30.3. The first-order chi connectivity index (χ1) is 24.6. The number of hydrogen-bond donors (Lipinski definition) is 3. The number of nitrogens with zero attached hydrogens (tertiary/aromatic N) is 7. The van der Waals surface area contributed by atoms with Crippen molar-refractivity contribution in [1.82, 2.24) is 39.7 Å². The standard InChI is InChI=1S/C37H44FN9O4/c1-37(2,3)51-36(49)45-14-11-26(12-15-45)41-35(25-21-40-47(22-25)34-6-4-5-17-50-34)31-9-7-24-20-39-33(19-32(24)42-31)43-30-10-8-28(18-29(30)38)46-16-13-27(23-48)44-46/h7-10,13,16,18-22,26,34-35,41,48H,4-6,11-12,14-15,17,23H2,1-3H3,(H,39,43). The number of aliphatic hydroxyl groups excluding tert-OH is 1. The number of fused-ring (bicyclic) bond motifs is 1. The SMILES string of the molecule is CC(C)(C)OC(=O)N1CCC(NC(c2cnn(C3CCCCO3)c2)c2ccc3cnc(Nc4ccc(-n5ccc(CO)n5)cc4F)cc3n2)CC1. The minimum atomic E-state index is -0.544. The molecule has 0 saturated carbocycles. The molecule has 2 saturated heterocycles. The van der Waals surface area contributed by atoms with E-state index in [2.05, 4.69) is 20.7 Å². The lowest BCUT2D eigenvalue weighted by Crippen LogP contribution is -2.47. The zero-order valence-corrected chi connectivity index (χ0v) is 29.1. The van der Waals surface area contributed by atoms with E-state index >= 15 is 4.39 Å². The van der Waals surface area contributed by atoms with E-state index in [1.165, 1.54) is 10.7 Å². The highest BCUT2D eigenvalue weighted by molar-refractivity contribution is 5.81. The van der Waals surface area contributed by atoms with Gasteiger partial charge in [0.15, 0.2) is 0 Å². The van der Waals surface area contributed by atoms with Gasteiger partial charge in [0.2, 0.25) is 0 Å². The van der Waals surface area contributed by atoms with Gasteiger partial charge in [0.05, 0.1) is 47.1 Å². The number of carbonyl (C=O) groups excluding carboxylic acids is 1. The number of aliphatic hydroxyl groups is 1. The van der Waals surface area contributed by atoms with Crippen LogP contribution in [0.2, 0.25) is 0 Å². The molecule has 3 N–H and O–H groups in total. The third-order valence-electron chi connectivity index (χ3n) is 9.13. The summed E-state index contributed by atoms with van der Waals surface area (Å²) in [5, 5.41) is 26.0. The second-order valence-corrected chi connectivity index (χ2v) is 14.1. The quantitative estimate of drug-likeness (QED) is 0.164. The molecule has 51 heavy (non-hydrogen) atoms. The Hall–Kier alpha value is -4.92. The lowest BCUT2D eigenvalue weighted by atomic mass is 10.00. The molecule has 5 aromatic rings. The largest absolute Gasteiger partial charge is 0.444 e. The molecule has 7 rings (SSSR count). The first kappa shape index (κ1) is 34.5. The summed E-state index contributed by atoms with van der Waals surface area (Å²) >= 11 is 0. The van der Waals surface area contributed by atoms with Crippen LogP contribution in [-0.4, -0.2) is 77.0 Å². The summed E-state index contributed by atoms with van der Waals surface area (Å²) in [6.07, 6.45) is 11.5. The van der Waals surface area contributed by atoms with Gasteiger partial charge in [0.1, 0.15) is 23.5 Å². The van der Waals surface area contributed by atoms with Crippen LogP contribution in [0.15, 0.2) is 67.3 Å². The molecule has 0 aliphatic carbocycles. The van der Waals surface area contributed by atoms with Crippen LogP contribution in [0, 0.1) is 5.82 Å². The number of piperidine rings is 1. The molecule has 2 unspecified atom stereocenters. The van der Waals surface area contributed by atoms with Crippen LogP contribution in [0.5, 0.6) is 0 Å². The summed E-state index contributed by atoms with van der Waals surface area (Å²) in [5.74, 6) is -0.0279. The average molecular weight is 698 g/mol. The van der Waals surface area contributed by atoms with Crippen LogP contribution in [0.4, 0.5) is 20.7 Å². The fourth-order valence-corrected chi connectivity index (χ4v) is 6.47. The number of aromatic nitrogens is 6. The second kappa shape index (κ2) is 14.7. The van der Waals surface area contributed by atoms with Gasteiger partial charge in [-0.25, -0.2) is 23.5 Å². The predicted octanol–water partition coefficient (Wildman–Crippen LogP) is 6.16. The highest BCUT2D eigenvalue weighted by Crippen LogP contribution is 2.30. The molecule has 268 valence electrons. The van der Waals surface area contributed by atoms with Gasteiger partial charge in [0.25, 0.3) is 0 Å². The first-order valence-electron chi connectivity index (χ1n) is 17.5. The molecule has 2 fully saturated rings. The summed E-state index contributed by atoms with van der Waals surface area (Å²) in [6.45, 7) is 7.33. The van der Waals surface area contributed by atoms with Gasteiger partial charge in [0, 0.05) is 67.4 Å². The average Bonchev–Trinajstić information content (AvgIpc) is 3.82. The van der Waals surface area contributed by atoms with Crippen LogP contribution in [0.25, 0.3) is 16.6 Å². The van der Waals surface area contributed by atoms with Gasteiger partial charge >= 0.3 is 6.09 Å². The number of likely N-dealkylation sites (tertiary alicyclic amines) is 1. The van der Waals surface area contributed by atoms with Crippen molar-refractivity contribution in [2.45, 2.75) is 83.4 Å². The Morgan fingerprint density at radius 1 is 1.10 bits per heavy atom. The zero-order chi connectivity index (χ0) is 35.5. The molecule has 2 atom stereocenters. The molecule has 2 aliphatic rings. The number of carbonyl (C=O) groups is 1. The number of halogens is 1. The minimum Gasteiger partial charge on any atom is -0.444 e. The number of nitrogens with one attached hydrogen (secondary N) is 2. The minimum absolute atomic E-state index is 0.0958. The zero-order valence-electron chi connectivity index (χ0n) is 29.1. The van der Waals surface area contributed by atoms with Crippen molar-refractivity contribution in [3.63, 3.8) is 0 Å². The normalized spacial score (nSPS) is 17.8. The number of hydrogen-bond acceptors (Lipinski definition) is 10. The van der Waals surface area contributed by atoms with Crippen LogP contribution in [0.3, 0.4) is 0 Å². The van der Waals surface area contributed by atoms with Gasteiger partial charge in [-0.15, -0.1) is 0 Å². The van der Waals surface area contributed by atoms with Crippen molar-refractivity contribution in [3.8, 4) is 5.69 Å². The Morgan fingerprint density at radius 3 is 2.67 bits per heavy atom. The molecule has 4 aromatic heterocycles. The fourth-order valence-electron chi connectivity index (χ4n) is 6.47. The van der Waals surface area contributed by atoms with Gasteiger partial charge in [-0.1, -0.05) is 0 Å². The highest BCUT2D eigenvalue weighted by atomic mass is 19.1. The lowest BCUT2D eigenvalue weighted by molar-refractivity contribution is -0.0395. The van der Waals surface area contributed by atoms with Crippen molar-refractivity contribution in [2.24, 2.45) is 0 Å². The number of amides is 1. The van der Waals surface area contributed by atoms with E-state index in [4.69, 9.17) is 19.6 Å². The van der Waals surface area contributed by atoms with E-state index in [1.54, 1.807) is 35.5 Å². The summed E-state index contributed by atoms with van der Waals surface area (Å²) in [6, 6.07) is 12.1. The van der Waals surface area contributed by atoms with E-state index in [9.17, 15) is 9.90 Å². The summed E-state index contributed by atoms with van der Waals surface area (Å²) in [7, 11) is 0. The molecular formula is C37H44FN9O4. The smallest absolute Gasteiger partial charge is 0.410 e. The van der Waals surface area contributed by atoms with Gasteiger partial charge in [-0.3, -0.25) is 4.98 Å². The maximum absolute atomic E-state index is 15.2. The van der Waals surface area contributed by atoms with E-state index < -0.39 is 11.4 Å². The molecule has 2 aliphatic heterocycles. The van der Waals surface area contributed by atoms with Crippen molar-refractivity contribution < 1.29 is 23.8 Å². The highest BCUT2D eigenvalue weighted by Gasteiger charge is 2.30. The third kappa shape index (κ3) is 8.19. The van der Waals surface area contributed by atoms with Crippen molar-refractivity contribution >= 4 is 28.5 Å². The molecule has 1 aromatic carbocycles. The maximum Gasteiger partial charge on any atom is 0.410 e. The number of benzene rings is 1. The molecule has 13 nitrogen and oxygen atoms in total. The van der Waals surface area contributed by atoms with E-state index in [0.717, 1.165) is 55.4 Å². The molecule has 1 amide bonds. The maximum atomic E-state index is 15.2. The number of pyridine rings is 2. The van der Waals surface area contributed by atoms with Gasteiger partial charge in [-0.05, 0) is 83.2 Å². The van der Waals surface area contributed by atoms with E-state index in [0.29, 0.717) is 35.8 Å². The molecule has 0 radical (unpaired) electrons. The van der Waals surface area contributed by atoms with Crippen molar-refractivity contribution in [2.75, 3.05) is 25.0 Å². The molecule has 0 bridgehead atoms. The second-order valence-electron chi connectivity index (χ2n) is 14.1. The Morgan fingerprint density at radius 2 is 1.94 bits per heavy atom. The van der Waals surface area contributed by atoms with Crippen LogP contribution in [-0.2, 0) is 16.1 Å². The Bertz CT molecular complexity index is 1980. The fraction of sp³-hybridized carbons (Fsp3) is 0.432. The van der Waals surface area contributed by atoms with Crippen molar-refractivity contribution in [1.29, 1.82) is 0 Å². The molecule has 6 heterocycles. The topological polar surface area (TPSA) is 144 Å². The van der Waals surface area contributed by atoms with Crippen LogP contribution in [0.1, 0.15) is 82.1 Å². The predicted molar refractivity (Wildman–Crippen MR) is 189 cm³/mol. The van der Waals surface area contributed by atoms with Crippen LogP contribution >= 0.6 is 0 Å². The Labute approximate surface area is 295 Å². The Balaban J connectivity index is 1.12. The number of ether oxygens (including phenoxy) is 2. The molecule has 14 heteroatoms.